The summed E-state index contributed by atoms with van der Waals surface area (Å²) in [6.07, 6.45) is 1.52. The third-order valence-corrected chi connectivity index (χ3v) is 3.07. The van der Waals surface area contributed by atoms with Gasteiger partial charge < -0.3 is 14.6 Å². The summed E-state index contributed by atoms with van der Waals surface area (Å²) < 4.78 is 5.55. The van der Waals surface area contributed by atoms with E-state index in [1.54, 1.807) is 18.0 Å². The van der Waals surface area contributed by atoms with Gasteiger partial charge in [-0.05, 0) is 11.6 Å². The standard InChI is InChI=1S/C16H17N3O2/c1-19(16(20)15-9-14(10-17)11-18-15)7-8-21-12-13-5-3-2-4-6-13/h2-6,9,11,18H,7-8,12H2,1H3. The van der Waals surface area contributed by atoms with Gasteiger partial charge in [0.05, 0.1) is 18.8 Å². The highest BCUT2D eigenvalue weighted by Crippen LogP contribution is 2.05. The summed E-state index contributed by atoms with van der Waals surface area (Å²) in [7, 11) is 1.71. The third kappa shape index (κ3) is 4.20. The van der Waals surface area contributed by atoms with Gasteiger partial charge in [-0.1, -0.05) is 30.3 Å². The van der Waals surface area contributed by atoms with Crippen LogP contribution in [-0.2, 0) is 11.3 Å². The number of carbonyl (C=O) groups excluding carboxylic acids is 1. The smallest absolute Gasteiger partial charge is 0.270 e. The van der Waals surface area contributed by atoms with Gasteiger partial charge in [-0.25, -0.2) is 0 Å². The number of H-pyrrole nitrogens is 1. The fourth-order valence-electron chi connectivity index (χ4n) is 1.86. The Morgan fingerprint density at radius 3 is 2.81 bits per heavy atom. The van der Waals surface area contributed by atoms with Crippen LogP contribution in [-0.4, -0.2) is 36.0 Å². The summed E-state index contributed by atoms with van der Waals surface area (Å²) in [4.78, 5) is 16.4. The van der Waals surface area contributed by atoms with Crippen molar-refractivity contribution in [2.75, 3.05) is 20.2 Å². The zero-order chi connectivity index (χ0) is 15.1. The van der Waals surface area contributed by atoms with Crippen molar-refractivity contribution in [1.82, 2.24) is 9.88 Å². The quantitative estimate of drug-likeness (QED) is 0.826. The molecule has 2 aromatic rings. The lowest BCUT2D eigenvalue weighted by Gasteiger charge is -2.16. The van der Waals surface area contributed by atoms with Gasteiger partial charge in [0.2, 0.25) is 0 Å². The molecule has 0 saturated heterocycles. The molecule has 0 spiro atoms. The first kappa shape index (κ1) is 14.8. The van der Waals surface area contributed by atoms with Gasteiger partial charge in [-0.2, -0.15) is 5.26 Å². The summed E-state index contributed by atoms with van der Waals surface area (Å²) in [5, 5.41) is 8.74. The fraction of sp³-hybridized carbons (Fsp3) is 0.250. The Kier molecular flexibility index (Phi) is 5.13. The Bertz CT molecular complexity index is 628. The lowest BCUT2D eigenvalue weighted by Crippen LogP contribution is -2.30. The molecule has 0 radical (unpaired) electrons. The van der Waals surface area contributed by atoms with Crippen LogP contribution in [0.15, 0.2) is 42.6 Å². The molecule has 0 fully saturated rings. The van der Waals surface area contributed by atoms with Gasteiger partial charge in [0.1, 0.15) is 11.8 Å². The predicted octanol–water partition coefficient (Wildman–Crippen LogP) is 2.18. The van der Waals surface area contributed by atoms with Crippen LogP contribution in [0.5, 0.6) is 0 Å². The van der Waals surface area contributed by atoms with E-state index >= 15 is 0 Å². The van der Waals surface area contributed by atoms with Crippen LogP contribution < -0.4 is 0 Å². The minimum absolute atomic E-state index is 0.153. The number of ether oxygens (including phenoxy) is 1. The molecule has 2 rings (SSSR count). The van der Waals surface area contributed by atoms with Crippen LogP contribution in [0, 0.1) is 11.3 Å². The molecule has 0 bridgehead atoms. The number of aromatic amines is 1. The van der Waals surface area contributed by atoms with Crippen molar-refractivity contribution in [3.8, 4) is 6.07 Å². The molecular weight excluding hydrogens is 266 g/mol. The Morgan fingerprint density at radius 1 is 1.38 bits per heavy atom. The number of hydrogen-bond acceptors (Lipinski definition) is 3. The van der Waals surface area contributed by atoms with E-state index in [1.165, 1.54) is 6.20 Å². The number of nitrogens with zero attached hydrogens (tertiary/aromatic N) is 2. The molecule has 1 aromatic carbocycles. The fourth-order valence-corrected chi connectivity index (χ4v) is 1.86. The average Bonchev–Trinajstić information content (AvgIpc) is 3.00. The SMILES string of the molecule is CN(CCOCc1ccccc1)C(=O)c1cc(C#N)c[nH]1. The maximum Gasteiger partial charge on any atom is 0.270 e. The molecule has 1 heterocycles. The predicted molar refractivity (Wildman–Crippen MR) is 78.6 cm³/mol. The number of nitrogens with one attached hydrogen (secondary N) is 1. The summed E-state index contributed by atoms with van der Waals surface area (Å²) >= 11 is 0. The van der Waals surface area contributed by atoms with Crippen LogP contribution in [0.4, 0.5) is 0 Å². The summed E-state index contributed by atoms with van der Waals surface area (Å²) in [5.41, 5.74) is 1.97. The van der Waals surface area contributed by atoms with E-state index in [9.17, 15) is 4.79 Å². The normalized spacial score (nSPS) is 10.1. The first-order valence-corrected chi connectivity index (χ1v) is 6.66. The van der Waals surface area contributed by atoms with E-state index in [4.69, 9.17) is 10.00 Å². The minimum atomic E-state index is -0.153. The lowest BCUT2D eigenvalue weighted by atomic mass is 10.2. The number of aromatic nitrogens is 1. The van der Waals surface area contributed by atoms with Gasteiger partial charge in [-0.15, -0.1) is 0 Å². The first-order chi connectivity index (χ1) is 10.2. The molecule has 1 aromatic heterocycles. The molecule has 0 saturated carbocycles. The van der Waals surface area contributed by atoms with Crippen molar-refractivity contribution in [1.29, 1.82) is 5.26 Å². The van der Waals surface area contributed by atoms with E-state index in [2.05, 4.69) is 4.98 Å². The maximum absolute atomic E-state index is 12.1. The molecule has 5 heteroatoms. The molecule has 0 unspecified atom stereocenters. The van der Waals surface area contributed by atoms with E-state index in [1.807, 2.05) is 36.4 Å². The largest absolute Gasteiger partial charge is 0.375 e. The third-order valence-electron chi connectivity index (χ3n) is 3.07. The second-order valence-corrected chi connectivity index (χ2v) is 4.68. The molecule has 1 amide bonds. The van der Waals surface area contributed by atoms with Gasteiger partial charge in [0, 0.05) is 19.8 Å². The molecule has 0 aliphatic heterocycles. The highest BCUT2D eigenvalue weighted by Gasteiger charge is 2.13. The highest BCUT2D eigenvalue weighted by molar-refractivity contribution is 5.92. The van der Waals surface area contributed by atoms with Crippen molar-refractivity contribution < 1.29 is 9.53 Å². The summed E-state index contributed by atoms with van der Waals surface area (Å²) in [6, 6.07) is 13.4. The molecule has 0 aliphatic carbocycles. The van der Waals surface area contributed by atoms with Crippen molar-refractivity contribution in [2.45, 2.75) is 6.61 Å². The van der Waals surface area contributed by atoms with Crippen LogP contribution in [0.2, 0.25) is 0 Å². The van der Waals surface area contributed by atoms with E-state index in [-0.39, 0.29) is 5.91 Å². The molecule has 5 nitrogen and oxygen atoms in total. The van der Waals surface area contributed by atoms with Gasteiger partial charge >= 0.3 is 0 Å². The minimum Gasteiger partial charge on any atom is -0.375 e. The van der Waals surface area contributed by atoms with Crippen molar-refractivity contribution in [3.63, 3.8) is 0 Å². The zero-order valence-electron chi connectivity index (χ0n) is 11.9. The number of nitriles is 1. The van der Waals surface area contributed by atoms with Crippen LogP contribution in [0.25, 0.3) is 0 Å². The summed E-state index contributed by atoms with van der Waals surface area (Å²) in [5.74, 6) is -0.153. The monoisotopic (exact) mass is 283 g/mol. The van der Waals surface area contributed by atoms with Crippen LogP contribution in [0.1, 0.15) is 21.6 Å². The molecule has 0 aliphatic rings. The molecule has 0 atom stereocenters. The van der Waals surface area contributed by atoms with Gasteiger partial charge in [0.25, 0.3) is 5.91 Å². The maximum atomic E-state index is 12.1. The van der Waals surface area contributed by atoms with Crippen molar-refractivity contribution in [3.05, 3.63) is 59.4 Å². The first-order valence-electron chi connectivity index (χ1n) is 6.66. The number of likely N-dealkylation sites (N-methyl/N-ethyl adjacent to an activating group) is 1. The average molecular weight is 283 g/mol. The number of benzene rings is 1. The number of rotatable bonds is 6. The zero-order valence-corrected chi connectivity index (χ0v) is 11.9. The Labute approximate surface area is 123 Å². The number of hydrogen-bond donors (Lipinski definition) is 1. The second-order valence-electron chi connectivity index (χ2n) is 4.68. The van der Waals surface area contributed by atoms with Crippen molar-refractivity contribution >= 4 is 5.91 Å². The van der Waals surface area contributed by atoms with E-state index < -0.39 is 0 Å². The summed E-state index contributed by atoms with van der Waals surface area (Å²) in [6.45, 7) is 1.49. The van der Waals surface area contributed by atoms with Gasteiger partial charge in [0.15, 0.2) is 0 Å². The Morgan fingerprint density at radius 2 is 2.14 bits per heavy atom. The van der Waals surface area contributed by atoms with Gasteiger partial charge in [-0.3, -0.25) is 4.79 Å². The van der Waals surface area contributed by atoms with E-state index in [0.717, 1.165) is 5.56 Å². The molecule has 1 N–H and O–H groups in total. The highest BCUT2D eigenvalue weighted by atomic mass is 16.5. The Hall–Kier alpha value is -2.58. The molecule has 108 valence electrons. The second kappa shape index (κ2) is 7.27. The van der Waals surface area contributed by atoms with Crippen molar-refractivity contribution in [2.24, 2.45) is 0 Å². The van der Waals surface area contributed by atoms with Crippen LogP contribution >= 0.6 is 0 Å². The Balaban J connectivity index is 1.75. The van der Waals surface area contributed by atoms with E-state index in [0.29, 0.717) is 31.0 Å². The molecular formula is C16H17N3O2. The number of carbonyl (C=O) groups is 1. The van der Waals surface area contributed by atoms with Crippen LogP contribution in [0.3, 0.4) is 0 Å². The lowest BCUT2D eigenvalue weighted by molar-refractivity contribution is 0.0666. The molecule has 21 heavy (non-hydrogen) atoms. The topological polar surface area (TPSA) is 69.1 Å². The number of amides is 1.